The van der Waals surface area contributed by atoms with E-state index in [1.54, 1.807) is 30.5 Å². The van der Waals surface area contributed by atoms with E-state index in [0.717, 1.165) is 25.2 Å². The lowest BCUT2D eigenvalue weighted by Crippen LogP contribution is -2.14. The summed E-state index contributed by atoms with van der Waals surface area (Å²) in [5.74, 6) is 1.28. The smallest absolute Gasteiger partial charge is 0.146 e. The van der Waals surface area contributed by atoms with Crippen LogP contribution in [0, 0.1) is 0 Å². The number of benzene rings is 1. The Hall–Kier alpha value is -1.29. The Morgan fingerprint density at radius 1 is 1.20 bits per heavy atom. The SMILES string of the molecule is CCCNCc1cc(Oc2ccc(Cl)cc2Cl)ccn1. The first-order valence-electron chi connectivity index (χ1n) is 6.47. The van der Waals surface area contributed by atoms with Gasteiger partial charge in [0.2, 0.25) is 0 Å². The zero-order valence-corrected chi connectivity index (χ0v) is 12.7. The van der Waals surface area contributed by atoms with E-state index >= 15 is 0 Å². The van der Waals surface area contributed by atoms with Gasteiger partial charge in [-0.15, -0.1) is 0 Å². The molecular formula is C15H16Cl2N2O. The Morgan fingerprint density at radius 2 is 2.05 bits per heavy atom. The predicted octanol–water partition coefficient (Wildman–Crippen LogP) is 4.68. The molecule has 0 atom stereocenters. The summed E-state index contributed by atoms with van der Waals surface area (Å²) in [6.07, 6.45) is 2.82. The van der Waals surface area contributed by atoms with Crippen LogP contribution in [0.15, 0.2) is 36.5 Å². The Morgan fingerprint density at radius 3 is 2.80 bits per heavy atom. The molecule has 20 heavy (non-hydrogen) atoms. The third-order valence-electron chi connectivity index (χ3n) is 2.64. The number of nitrogens with zero attached hydrogens (tertiary/aromatic N) is 1. The number of ether oxygens (including phenoxy) is 1. The second-order valence-corrected chi connectivity index (χ2v) is 5.18. The fraction of sp³-hybridized carbons (Fsp3) is 0.267. The van der Waals surface area contributed by atoms with Gasteiger partial charge in [0.25, 0.3) is 0 Å². The summed E-state index contributed by atoms with van der Waals surface area (Å²) in [6.45, 7) is 3.82. The Bertz CT molecular complexity index is 576. The summed E-state index contributed by atoms with van der Waals surface area (Å²) in [4.78, 5) is 4.29. The van der Waals surface area contributed by atoms with Crippen molar-refractivity contribution in [3.63, 3.8) is 0 Å². The van der Waals surface area contributed by atoms with Crippen molar-refractivity contribution in [1.82, 2.24) is 10.3 Å². The lowest BCUT2D eigenvalue weighted by atomic mass is 10.3. The van der Waals surface area contributed by atoms with Gasteiger partial charge in [-0.1, -0.05) is 30.1 Å². The van der Waals surface area contributed by atoms with Crippen molar-refractivity contribution in [3.05, 3.63) is 52.3 Å². The molecule has 0 saturated heterocycles. The molecule has 1 aromatic heterocycles. The van der Waals surface area contributed by atoms with Gasteiger partial charge in [0, 0.05) is 23.8 Å². The molecule has 0 aliphatic rings. The molecule has 0 aliphatic heterocycles. The molecule has 106 valence electrons. The molecule has 2 rings (SSSR count). The van der Waals surface area contributed by atoms with Crippen LogP contribution in [0.5, 0.6) is 11.5 Å². The van der Waals surface area contributed by atoms with Crippen LogP contribution in [-0.2, 0) is 6.54 Å². The summed E-state index contributed by atoms with van der Waals surface area (Å²) < 4.78 is 5.75. The van der Waals surface area contributed by atoms with Crippen molar-refractivity contribution in [2.24, 2.45) is 0 Å². The minimum absolute atomic E-state index is 0.486. The molecule has 0 saturated carbocycles. The average Bonchev–Trinajstić information content (AvgIpc) is 2.43. The van der Waals surface area contributed by atoms with Crippen LogP contribution in [0.1, 0.15) is 19.0 Å². The summed E-state index contributed by atoms with van der Waals surface area (Å²) in [6, 6.07) is 8.85. The number of nitrogens with one attached hydrogen (secondary N) is 1. The van der Waals surface area contributed by atoms with Crippen molar-refractivity contribution in [1.29, 1.82) is 0 Å². The van der Waals surface area contributed by atoms with Crippen LogP contribution in [-0.4, -0.2) is 11.5 Å². The second-order valence-electron chi connectivity index (χ2n) is 4.34. The molecular weight excluding hydrogens is 295 g/mol. The number of hydrogen-bond donors (Lipinski definition) is 1. The lowest BCUT2D eigenvalue weighted by molar-refractivity contribution is 0.480. The van der Waals surface area contributed by atoms with E-state index in [1.165, 1.54) is 0 Å². The standard InChI is InChI=1S/C15H16Cl2N2O/c1-2-6-18-10-12-9-13(5-7-19-12)20-15-4-3-11(16)8-14(15)17/h3-5,7-9,18H,2,6,10H2,1H3. The van der Waals surface area contributed by atoms with Crippen LogP contribution in [0.25, 0.3) is 0 Å². The molecule has 0 aliphatic carbocycles. The van der Waals surface area contributed by atoms with E-state index in [0.29, 0.717) is 21.5 Å². The quantitative estimate of drug-likeness (QED) is 0.787. The molecule has 2 aromatic rings. The van der Waals surface area contributed by atoms with Gasteiger partial charge in [0.1, 0.15) is 11.5 Å². The summed E-state index contributed by atoms with van der Waals surface area (Å²) in [7, 11) is 0. The van der Waals surface area contributed by atoms with Gasteiger partial charge in [-0.05, 0) is 37.2 Å². The normalized spacial score (nSPS) is 10.6. The Kier molecular flexibility index (Phi) is 5.65. The number of hydrogen-bond acceptors (Lipinski definition) is 3. The predicted molar refractivity (Wildman–Crippen MR) is 82.8 cm³/mol. The summed E-state index contributed by atoms with van der Waals surface area (Å²) in [5, 5.41) is 4.37. The Balaban J connectivity index is 2.07. The molecule has 1 aromatic carbocycles. The molecule has 1 heterocycles. The molecule has 0 amide bonds. The molecule has 0 unspecified atom stereocenters. The van der Waals surface area contributed by atoms with E-state index < -0.39 is 0 Å². The maximum atomic E-state index is 6.08. The zero-order valence-electron chi connectivity index (χ0n) is 11.2. The van der Waals surface area contributed by atoms with E-state index in [2.05, 4.69) is 17.2 Å². The zero-order chi connectivity index (χ0) is 14.4. The monoisotopic (exact) mass is 310 g/mol. The van der Waals surface area contributed by atoms with E-state index in [4.69, 9.17) is 27.9 Å². The van der Waals surface area contributed by atoms with Gasteiger partial charge < -0.3 is 10.1 Å². The number of aromatic nitrogens is 1. The first-order valence-corrected chi connectivity index (χ1v) is 7.23. The van der Waals surface area contributed by atoms with Crippen molar-refractivity contribution in [2.75, 3.05) is 6.54 Å². The molecule has 0 bridgehead atoms. The third-order valence-corrected chi connectivity index (χ3v) is 3.17. The van der Waals surface area contributed by atoms with Crippen LogP contribution in [0.2, 0.25) is 10.0 Å². The van der Waals surface area contributed by atoms with Crippen molar-refractivity contribution in [3.8, 4) is 11.5 Å². The highest BCUT2D eigenvalue weighted by Gasteiger charge is 2.05. The highest BCUT2D eigenvalue weighted by Crippen LogP contribution is 2.31. The Labute approximate surface area is 128 Å². The fourth-order valence-electron chi connectivity index (χ4n) is 1.69. The summed E-state index contributed by atoms with van der Waals surface area (Å²) in [5.41, 5.74) is 0.932. The van der Waals surface area contributed by atoms with E-state index in [-0.39, 0.29) is 0 Å². The molecule has 3 nitrogen and oxygen atoms in total. The largest absolute Gasteiger partial charge is 0.456 e. The van der Waals surface area contributed by atoms with Gasteiger partial charge in [-0.3, -0.25) is 4.98 Å². The van der Waals surface area contributed by atoms with Gasteiger partial charge in [-0.2, -0.15) is 0 Å². The molecule has 0 radical (unpaired) electrons. The van der Waals surface area contributed by atoms with Crippen LogP contribution in [0.4, 0.5) is 0 Å². The number of halogens is 2. The van der Waals surface area contributed by atoms with Crippen LogP contribution in [0.3, 0.4) is 0 Å². The fourth-order valence-corrected chi connectivity index (χ4v) is 2.14. The van der Waals surface area contributed by atoms with Crippen molar-refractivity contribution < 1.29 is 4.74 Å². The van der Waals surface area contributed by atoms with Gasteiger partial charge in [0.05, 0.1) is 10.7 Å². The minimum atomic E-state index is 0.486. The van der Waals surface area contributed by atoms with E-state index in [1.807, 2.05) is 6.07 Å². The number of rotatable bonds is 6. The molecule has 1 N–H and O–H groups in total. The second kappa shape index (κ2) is 7.48. The maximum absolute atomic E-state index is 6.08. The third kappa shape index (κ3) is 4.37. The lowest BCUT2D eigenvalue weighted by Gasteiger charge is -2.09. The molecule has 0 fully saturated rings. The molecule has 5 heteroatoms. The van der Waals surface area contributed by atoms with Gasteiger partial charge in [-0.25, -0.2) is 0 Å². The molecule has 0 spiro atoms. The minimum Gasteiger partial charge on any atom is -0.456 e. The topological polar surface area (TPSA) is 34.1 Å². The van der Waals surface area contributed by atoms with Gasteiger partial charge >= 0.3 is 0 Å². The van der Waals surface area contributed by atoms with Crippen molar-refractivity contribution >= 4 is 23.2 Å². The van der Waals surface area contributed by atoms with Crippen LogP contribution >= 0.6 is 23.2 Å². The first-order chi connectivity index (χ1) is 9.69. The van der Waals surface area contributed by atoms with Crippen LogP contribution < -0.4 is 10.1 Å². The highest BCUT2D eigenvalue weighted by atomic mass is 35.5. The highest BCUT2D eigenvalue weighted by molar-refractivity contribution is 6.35. The average molecular weight is 311 g/mol. The van der Waals surface area contributed by atoms with Crippen molar-refractivity contribution in [2.45, 2.75) is 19.9 Å². The number of pyridine rings is 1. The van der Waals surface area contributed by atoms with Gasteiger partial charge in [0.15, 0.2) is 0 Å². The first kappa shape index (κ1) is 15.1. The maximum Gasteiger partial charge on any atom is 0.146 e. The van der Waals surface area contributed by atoms with E-state index in [9.17, 15) is 0 Å². The summed E-state index contributed by atoms with van der Waals surface area (Å²) >= 11 is 11.9.